The molecular formula is C15H23N3. The predicted octanol–water partition coefficient (Wildman–Crippen LogP) is 1.21. The maximum absolute atomic E-state index is 3.77. The lowest BCUT2D eigenvalue weighted by molar-refractivity contribution is 0.0997. The van der Waals surface area contributed by atoms with Crippen LogP contribution in [-0.4, -0.2) is 43.2 Å². The molecular weight excluding hydrogens is 222 g/mol. The molecule has 3 heteroatoms. The Balaban J connectivity index is 1.63. The Kier molecular flexibility index (Phi) is 3.64. The van der Waals surface area contributed by atoms with Gasteiger partial charge in [-0.05, 0) is 31.5 Å². The van der Waals surface area contributed by atoms with Gasteiger partial charge < -0.3 is 10.6 Å². The molecule has 1 spiro atoms. The van der Waals surface area contributed by atoms with Crippen LogP contribution in [0.2, 0.25) is 0 Å². The highest BCUT2D eigenvalue weighted by Crippen LogP contribution is 2.23. The largest absolute Gasteiger partial charge is 0.317 e. The van der Waals surface area contributed by atoms with Crippen LogP contribution < -0.4 is 10.6 Å². The lowest BCUT2D eigenvalue weighted by Gasteiger charge is -2.46. The van der Waals surface area contributed by atoms with Crippen molar-refractivity contribution in [1.82, 2.24) is 15.5 Å². The van der Waals surface area contributed by atoms with Crippen LogP contribution in [-0.2, 0) is 6.54 Å². The summed E-state index contributed by atoms with van der Waals surface area (Å²) in [4.78, 5) is 2.61. The molecule has 98 valence electrons. The zero-order chi connectivity index (χ0) is 12.3. The van der Waals surface area contributed by atoms with E-state index in [0.717, 1.165) is 26.2 Å². The van der Waals surface area contributed by atoms with Crippen LogP contribution in [0.25, 0.3) is 0 Å². The van der Waals surface area contributed by atoms with Crippen molar-refractivity contribution in [3.8, 4) is 0 Å². The van der Waals surface area contributed by atoms with Crippen LogP contribution in [0.3, 0.4) is 0 Å². The zero-order valence-electron chi connectivity index (χ0n) is 11.0. The molecule has 0 saturated carbocycles. The van der Waals surface area contributed by atoms with Gasteiger partial charge in [0.1, 0.15) is 0 Å². The fourth-order valence-corrected chi connectivity index (χ4v) is 3.26. The summed E-state index contributed by atoms with van der Waals surface area (Å²) in [5, 5.41) is 7.23. The average Bonchev–Trinajstić information content (AvgIpc) is 2.41. The van der Waals surface area contributed by atoms with Crippen molar-refractivity contribution >= 4 is 0 Å². The van der Waals surface area contributed by atoms with Gasteiger partial charge in [0, 0.05) is 31.7 Å². The number of nitrogens with zero attached hydrogens (tertiary/aromatic N) is 1. The Morgan fingerprint density at radius 3 is 2.61 bits per heavy atom. The van der Waals surface area contributed by atoms with Crippen LogP contribution in [0.1, 0.15) is 18.4 Å². The van der Waals surface area contributed by atoms with Crippen LogP contribution in [0.5, 0.6) is 0 Å². The zero-order valence-corrected chi connectivity index (χ0v) is 11.0. The van der Waals surface area contributed by atoms with Gasteiger partial charge in [0.2, 0.25) is 0 Å². The minimum Gasteiger partial charge on any atom is -0.317 e. The first kappa shape index (κ1) is 12.2. The van der Waals surface area contributed by atoms with Crippen LogP contribution >= 0.6 is 0 Å². The highest BCUT2D eigenvalue weighted by atomic mass is 15.2. The van der Waals surface area contributed by atoms with E-state index < -0.39 is 0 Å². The maximum atomic E-state index is 3.77. The molecule has 0 bridgehead atoms. The number of hydrogen-bond donors (Lipinski definition) is 2. The number of piperazine rings is 1. The number of nitrogens with one attached hydrogen (secondary N) is 2. The van der Waals surface area contributed by atoms with E-state index in [9.17, 15) is 0 Å². The normalized spacial score (nSPS) is 24.2. The fourth-order valence-electron chi connectivity index (χ4n) is 3.26. The minimum absolute atomic E-state index is 0.373. The molecule has 3 rings (SSSR count). The van der Waals surface area contributed by atoms with Gasteiger partial charge >= 0.3 is 0 Å². The molecule has 18 heavy (non-hydrogen) atoms. The molecule has 0 radical (unpaired) electrons. The van der Waals surface area contributed by atoms with E-state index in [4.69, 9.17) is 0 Å². The summed E-state index contributed by atoms with van der Waals surface area (Å²) in [7, 11) is 0. The van der Waals surface area contributed by atoms with Gasteiger partial charge in [-0.2, -0.15) is 0 Å². The molecule has 2 fully saturated rings. The van der Waals surface area contributed by atoms with Crippen molar-refractivity contribution in [1.29, 1.82) is 0 Å². The SMILES string of the molecule is c1ccc(CN2CCNC3(CCNCC3)C2)cc1. The summed E-state index contributed by atoms with van der Waals surface area (Å²) in [6, 6.07) is 10.8. The molecule has 0 unspecified atom stereocenters. The van der Waals surface area contributed by atoms with Crippen LogP contribution in [0, 0.1) is 0 Å². The third kappa shape index (κ3) is 2.74. The summed E-state index contributed by atoms with van der Waals surface area (Å²) >= 11 is 0. The maximum Gasteiger partial charge on any atom is 0.0333 e. The van der Waals surface area contributed by atoms with Crippen molar-refractivity contribution in [2.75, 3.05) is 32.7 Å². The van der Waals surface area contributed by atoms with E-state index in [1.807, 2.05) is 0 Å². The first-order valence-electron chi connectivity index (χ1n) is 7.08. The highest BCUT2D eigenvalue weighted by molar-refractivity contribution is 5.15. The third-order valence-electron chi connectivity index (χ3n) is 4.26. The van der Waals surface area contributed by atoms with Crippen LogP contribution in [0.4, 0.5) is 0 Å². The van der Waals surface area contributed by atoms with Crippen molar-refractivity contribution < 1.29 is 0 Å². The van der Waals surface area contributed by atoms with Gasteiger partial charge in [-0.15, -0.1) is 0 Å². The summed E-state index contributed by atoms with van der Waals surface area (Å²) in [6.07, 6.45) is 2.52. The van der Waals surface area contributed by atoms with Crippen LogP contribution in [0.15, 0.2) is 30.3 Å². The first-order valence-corrected chi connectivity index (χ1v) is 7.08. The Bertz CT molecular complexity index is 365. The monoisotopic (exact) mass is 245 g/mol. The second-order valence-corrected chi connectivity index (χ2v) is 5.65. The average molecular weight is 245 g/mol. The van der Waals surface area contributed by atoms with E-state index in [2.05, 4.69) is 45.9 Å². The molecule has 0 atom stereocenters. The topological polar surface area (TPSA) is 27.3 Å². The Labute approximate surface area is 110 Å². The molecule has 0 amide bonds. The van der Waals surface area contributed by atoms with E-state index in [1.165, 1.54) is 31.5 Å². The number of benzene rings is 1. The molecule has 2 N–H and O–H groups in total. The van der Waals surface area contributed by atoms with Crippen molar-refractivity contribution in [2.45, 2.75) is 24.9 Å². The van der Waals surface area contributed by atoms with Gasteiger partial charge in [-0.25, -0.2) is 0 Å². The number of piperidine rings is 1. The summed E-state index contributed by atoms with van der Waals surface area (Å²) in [6.45, 7) is 6.91. The molecule has 2 aliphatic rings. The number of rotatable bonds is 2. The van der Waals surface area contributed by atoms with Crippen molar-refractivity contribution in [3.05, 3.63) is 35.9 Å². The molecule has 2 heterocycles. The summed E-state index contributed by atoms with van der Waals surface area (Å²) in [5.41, 5.74) is 1.81. The van der Waals surface area contributed by atoms with Gasteiger partial charge in [0.15, 0.2) is 0 Å². The third-order valence-corrected chi connectivity index (χ3v) is 4.26. The quantitative estimate of drug-likeness (QED) is 0.820. The van der Waals surface area contributed by atoms with E-state index in [0.29, 0.717) is 5.54 Å². The molecule has 3 nitrogen and oxygen atoms in total. The smallest absolute Gasteiger partial charge is 0.0333 e. The Hall–Kier alpha value is -0.900. The molecule has 1 aromatic rings. The Morgan fingerprint density at radius 1 is 1.06 bits per heavy atom. The van der Waals surface area contributed by atoms with Gasteiger partial charge in [0.05, 0.1) is 0 Å². The lowest BCUT2D eigenvalue weighted by Crippen LogP contribution is -2.63. The second kappa shape index (κ2) is 5.39. The molecule has 1 aromatic carbocycles. The predicted molar refractivity (Wildman–Crippen MR) is 74.6 cm³/mol. The van der Waals surface area contributed by atoms with Crippen molar-refractivity contribution in [3.63, 3.8) is 0 Å². The fraction of sp³-hybridized carbons (Fsp3) is 0.600. The second-order valence-electron chi connectivity index (χ2n) is 5.65. The molecule has 2 aliphatic heterocycles. The first-order chi connectivity index (χ1) is 8.86. The van der Waals surface area contributed by atoms with Gasteiger partial charge in [0.25, 0.3) is 0 Å². The van der Waals surface area contributed by atoms with Crippen molar-refractivity contribution in [2.24, 2.45) is 0 Å². The highest BCUT2D eigenvalue weighted by Gasteiger charge is 2.35. The number of hydrogen-bond acceptors (Lipinski definition) is 3. The minimum atomic E-state index is 0.373. The molecule has 0 aliphatic carbocycles. The van der Waals surface area contributed by atoms with Gasteiger partial charge in [-0.1, -0.05) is 30.3 Å². The van der Waals surface area contributed by atoms with E-state index >= 15 is 0 Å². The van der Waals surface area contributed by atoms with E-state index in [-0.39, 0.29) is 0 Å². The van der Waals surface area contributed by atoms with E-state index in [1.54, 1.807) is 0 Å². The Morgan fingerprint density at radius 2 is 1.83 bits per heavy atom. The lowest BCUT2D eigenvalue weighted by atomic mass is 9.86. The molecule has 0 aromatic heterocycles. The summed E-state index contributed by atoms with van der Waals surface area (Å²) < 4.78 is 0. The standard InChI is InChI=1S/C15H23N3/c1-2-4-14(5-3-1)12-18-11-10-17-15(13-18)6-8-16-9-7-15/h1-5,16-17H,6-13H2. The molecule has 2 saturated heterocycles. The summed E-state index contributed by atoms with van der Waals surface area (Å²) in [5.74, 6) is 0. The van der Waals surface area contributed by atoms with Gasteiger partial charge in [-0.3, -0.25) is 4.90 Å².